The Morgan fingerprint density at radius 3 is 2.73 bits per heavy atom. The Balaban J connectivity index is 3.01. The second-order valence-electron chi connectivity index (χ2n) is 2.09. The topological polar surface area (TPSA) is 63.6 Å². The van der Waals surface area contributed by atoms with Crippen LogP contribution >= 0.6 is 0 Å². The Morgan fingerprint density at radius 2 is 2.36 bits per heavy atom. The van der Waals surface area contributed by atoms with Gasteiger partial charge in [-0.1, -0.05) is 0 Å². The lowest BCUT2D eigenvalue weighted by atomic mass is 10.5. The highest BCUT2D eigenvalue weighted by atomic mass is 32.2. The summed E-state index contributed by atoms with van der Waals surface area (Å²) < 4.78 is 16.0. The Bertz CT molecular complexity index is 243. The minimum absolute atomic E-state index is 0.101. The molecule has 62 valence electrons. The normalized spacial score (nSPS) is 24.6. The van der Waals surface area contributed by atoms with Gasteiger partial charge in [0, 0.05) is 0 Å². The van der Waals surface area contributed by atoms with Crippen LogP contribution in [0.1, 0.15) is 6.92 Å². The van der Waals surface area contributed by atoms with E-state index in [1.807, 2.05) is 0 Å². The van der Waals surface area contributed by atoms with Gasteiger partial charge >= 0.3 is 5.97 Å². The molecule has 1 atom stereocenters. The van der Waals surface area contributed by atoms with Crippen molar-refractivity contribution in [1.82, 2.24) is 0 Å². The van der Waals surface area contributed by atoms with E-state index in [0.29, 0.717) is 6.61 Å². The number of ether oxygens (including phenoxy) is 1. The first kappa shape index (κ1) is 8.26. The quantitative estimate of drug-likeness (QED) is 0.614. The maximum absolute atomic E-state index is 11.0. The standard InChI is InChI=1S/C6H8O4S/c1-4-5(6(7)8)11(9)3-2-10-4/h2-3H2,1H3,(H,7,8). The summed E-state index contributed by atoms with van der Waals surface area (Å²) in [6.45, 7) is 1.86. The van der Waals surface area contributed by atoms with Crippen LogP contribution in [-0.4, -0.2) is 27.6 Å². The molecule has 1 aliphatic rings. The molecule has 0 bridgehead atoms. The number of carboxylic acids is 1. The van der Waals surface area contributed by atoms with Crippen molar-refractivity contribution in [3.63, 3.8) is 0 Å². The van der Waals surface area contributed by atoms with Gasteiger partial charge in [-0.2, -0.15) is 0 Å². The first-order valence-corrected chi connectivity index (χ1v) is 4.40. The fourth-order valence-corrected chi connectivity index (χ4v) is 1.86. The lowest BCUT2D eigenvalue weighted by molar-refractivity contribution is -0.132. The van der Waals surface area contributed by atoms with E-state index >= 15 is 0 Å². The van der Waals surface area contributed by atoms with Crippen molar-refractivity contribution < 1.29 is 18.8 Å². The maximum Gasteiger partial charge on any atom is 0.348 e. The van der Waals surface area contributed by atoms with Gasteiger partial charge in [0.2, 0.25) is 0 Å². The molecule has 1 heterocycles. The first-order valence-electron chi connectivity index (χ1n) is 3.08. The molecular weight excluding hydrogens is 168 g/mol. The third kappa shape index (κ3) is 1.59. The zero-order valence-electron chi connectivity index (χ0n) is 5.99. The highest BCUT2D eigenvalue weighted by Crippen LogP contribution is 2.15. The van der Waals surface area contributed by atoms with Crippen LogP contribution in [0.3, 0.4) is 0 Å². The Kier molecular flexibility index (Phi) is 2.28. The van der Waals surface area contributed by atoms with Crippen LogP contribution < -0.4 is 0 Å². The number of aliphatic carboxylic acids is 1. The molecule has 0 spiro atoms. The van der Waals surface area contributed by atoms with Crippen molar-refractivity contribution in [1.29, 1.82) is 0 Å². The number of allylic oxidation sites excluding steroid dienone is 1. The van der Waals surface area contributed by atoms with Gasteiger partial charge in [-0.3, -0.25) is 4.21 Å². The van der Waals surface area contributed by atoms with Crippen LogP contribution in [-0.2, 0) is 20.3 Å². The predicted octanol–water partition coefficient (Wildman–Crippen LogP) is 0.0814. The summed E-state index contributed by atoms with van der Waals surface area (Å²) in [5.74, 6) is -0.610. The monoisotopic (exact) mass is 176 g/mol. The Labute approximate surface area is 66.3 Å². The number of carbonyl (C=O) groups is 1. The van der Waals surface area contributed by atoms with Gasteiger partial charge in [-0.15, -0.1) is 0 Å². The van der Waals surface area contributed by atoms with Crippen molar-refractivity contribution >= 4 is 16.8 Å². The Morgan fingerprint density at radius 1 is 1.73 bits per heavy atom. The minimum atomic E-state index is -1.38. The van der Waals surface area contributed by atoms with Crippen molar-refractivity contribution in [2.75, 3.05) is 12.4 Å². The fraction of sp³-hybridized carbons (Fsp3) is 0.500. The number of hydrogen-bond donors (Lipinski definition) is 1. The summed E-state index contributed by atoms with van der Waals surface area (Å²) in [4.78, 5) is 10.3. The third-order valence-corrected chi connectivity index (χ3v) is 2.78. The van der Waals surface area contributed by atoms with Gasteiger partial charge in [0.15, 0.2) is 4.91 Å². The smallest absolute Gasteiger partial charge is 0.348 e. The molecule has 5 heteroatoms. The number of hydrogen-bond acceptors (Lipinski definition) is 3. The first-order chi connectivity index (χ1) is 5.13. The van der Waals surface area contributed by atoms with Crippen LogP contribution in [0.2, 0.25) is 0 Å². The van der Waals surface area contributed by atoms with E-state index in [0.717, 1.165) is 0 Å². The summed E-state index contributed by atoms with van der Waals surface area (Å²) in [6.07, 6.45) is 0. The molecule has 0 radical (unpaired) electrons. The molecule has 1 rings (SSSR count). The molecule has 4 nitrogen and oxygen atoms in total. The summed E-state index contributed by atoms with van der Waals surface area (Å²) in [5.41, 5.74) is 0. The second kappa shape index (κ2) is 3.04. The average Bonchev–Trinajstić information content (AvgIpc) is 1.85. The molecule has 1 unspecified atom stereocenters. The van der Waals surface area contributed by atoms with Crippen molar-refractivity contribution in [3.05, 3.63) is 10.7 Å². The molecule has 0 saturated carbocycles. The molecule has 0 saturated heterocycles. The van der Waals surface area contributed by atoms with E-state index in [1.165, 1.54) is 6.92 Å². The van der Waals surface area contributed by atoms with Crippen molar-refractivity contribution in [3.8, 4) is 0 Å². The number of carboxylic acid groups (broad SMARTS) is 1. The van der Waals surface area contributed by atoms with Gasteiger partial charge in [0.1, 0.15) is 5.76 Å². The fourth-order valence-electron chi connectivity index (χ4n) is 0.846. The SMILES string of the molecule is CC1=C(C(=O)O)S(=O)CCO1. The summed E-state index contributed by atoms with van der Waals surface area (Å²) in [5, 5.41) is 8.55. The lowest BCUT2D eigenvalue weighted by Crippen LogP contribution is -2.20. The number of rotatable bonds is 1. The van der Waals surface area contributed by atoms with Crippen molar-refractivity contribution in [2.45, 2.75) is 6.92 Å². The van der Waals surface area contributed by atoms with Crippen LogP contribution in [0, 0.1) is 0 Å². The molecule has 1 aliphatic heterocycles. The van der Waals surface area contributed by atoms with Gasteiger partial charge in [-0.25, -0.2) is 4.79 Å². The van der Waals surface area contributed by atoms with E-state index < -0.39 is 16.8 Å². The van der Waals surface area contributed by atoms with Gasteiger partial charge in [-0.05, 0) is 6.92 Å². The molecule has 0 aromatic heterocycles. The highest BCUT2D eigenvalue weighted by molar-refractivity contribution is 7.90. The molecule has 11 heavy (non-hydrogen) atoms. The zero-order chi connectivity index (χ0) is 8.43. The van der Waals surface area contributed by atoms with Crippen molar-refractivity contribution in [2.24, 2.45) is 0 Å². The molecule has 0 aromatic carbocycles. The van der Waals surface area contributed by atoms with E-state index in [9.17, 15) is 9.00 Å². The summed E-state index contributed by atoms with van der Waals surface area (Å²) in [6, 6.07) is 0. The molecule has 1 N–H and O–H groups in total. The molecule has 0 aliphatic carbocycles. The van der Waals surface area contributed by atoms with Crippen LogP contribution in [0.5, 0.6) is 0 Å². The lowest BCUT2D eigenvalue weighted by Gasteiger charge is -2.14. The summed E-state index contributed by atoms with van der Waals surface area (Å²) in [7, 11) is -1.38. The van der Waals surface area contributed by atoms with Crippen LogP contribution in [0.15, 0.2) is 10.7 Å². The largest absolute Gasteiger partial charge is 0.496 e. The van der Waals surface area contributed by atoms with Gasteiger partial charge < -0.3 is 9.84 Å². The zero-order valence-corrected chi connectivity index (χ0v) is 6.81. The summed E-state index contributed by atoms with van der Waals surface area (Å²) >= 11 is 0. The van der Waals surface area contributed by atoms with E-state index in [-0.39, 0.29) is 16.4 Å². The van der Waals surface area contributed by atoms with E-state index in [1.54, 1.807) is 0 Å². The highest BCUT2D eigenvalue weighted by Gasteiger charge is 2.23. The predicted molar refractivity (Wildman–Crippen MR) is 39.3 cm³/mol. The maximum atomic E-state index is 11.0. The Hall–Kier alpha value is -0.840. The molecule has 0 fully saturated rings. The average molecular weight is 176 g/mol. The van der Waals surface area contributed by atoms with Gasteiger partial charge in [0.05, 0.1) is 23.2 Å². The third-order valence-electron chi connectivity index (χ3n) is 1.33. The molecular formula is C6H8O4S. The van der Waals surface area contributed by atoms with E-state index in [4.69, 9.17) is 9.84 Å². The molecule has 0 amide bonds. The minimum Gasteiger partial charge on any atom is -0.496 e. The van der Waals surface area contributed by atoms with Crippen LogP contribution in [0.25, 0.3) is 0 Å². The van der Waals surface area contributed by atoms with E-state index in [2.05, 4.69) is 0 Å². The molecule has 0 aromatic rings. The van der Waals surface area contributed by atoms with Gasteiger partial charge in [0.25, 0.3) is 0 Å². The van der Waals surface area contributed by atoms with Crippen LogP contribution in [0.4, 0.5) is 0 Å². The second-order valence-corrected chi connectivity index (χ2v) is 3.60.